The van der Waals surface area contributed by atoms with E-state index in [0.717, 1.165) is 11.8 Å². The Morgan fingerprint density at radius 1 is 0.286 bits per heavy atom. The molecular formula is C70H132O4P2S. The Labute approximate surface area is 486 Å². The molecule has 7 heteroatoms. The van der Waals surface area contributed by atoms with E-state index < -0.39 is 26.5 Å². The third-order valence-corrected chi connectivity index (χ3v) is 29.4. The molecule has 2 aromatic carbocycles. The fraction of sp³-hybridized carbons (Fsp3) is 0.800. The number of carboxylic acids is 2. The largest absolute Gasteiger partial charge is 0.478 e. The van der Waals surface area contributed by atoms with Gasteiger partial charge in [0.15, 0.2) is 0 Å². The molecule has 0 aromatic heterocycles. The fourth-order valence-corrected chi connectivity index (χ4v) is 24.5. The molecule has 0 unspecified atom stereocenters. The van der Waals surface area contributed by atoms with Gasteiger partial charge < -0.3 is 10.2 Å². The van der Waals surface area contributed by atoms with Gasteiger partial charge in [0.1, 0.15) is 0 Å². The number of hydrogen-bond donors (Lipinski definition) is 2. The number of aromatic carboxylic acids is 2. The first-order valence-corrected chi connectivity index (χ1v) is 40.4. The molecule has 0 aliphatic carbocycles. The van der Waals surface area contributed by atoms with E-state index in [1.807, 2.05) is 0 Å². The fourth-order valence-electron chi connectivity index (χ4n) is 11.8. The van der Waals surface area contributed by atoms with Gasteiger partial charge in [-0.2, -0.15) is 0 Å². The van der Waals surface area contributed by atoms with Crippen molar-refractivity contribution in [1.82, 2.24) is 0 Å². The van der Waals surface area contributed by atoms with Gasteiger partial charge in [0.25, 0.3) is 0 Å². The molecule has 0 saturated carbocycles. The van der Waals surface area contributed by atoms with Crippen LogP contribution in [0.5, 0.6) is 0 Å². The van der Waals surface area contributed by atoms with Crippen molar-refractivity contribution in [1.29, 1.82) is 0 Å². The van der Waals surface area contributed by atoms with Crippen molar-refractivity contribution < 1.29 is 19.8 Å². The SMILES string of the molecule is CCCCCCCCCCCCCCCC[PH](CCCC)(CCCC)CCCC.CCCCCCCCCCCCCCCC[PH](CCCC)(CCCC)CCCC.O=C(O)c1ccccc1Sc1ccccc1C(=O)O. The van der Waals surface area contributed by atoms with Gasteiger partial charge in [-0.15, -0.1) is 0 Å². The molecular weight excluding hydrogens is 999 g/mol. The maximum Gasteiger partial charge on any atom is 0.336 e. The first kappa shape index (κ1) is 75.6. The normalized spacial score (nSPS) is 11.9. The standard InChI is InChI=1S/2C28H61P.C14H10O4S/c2*1-5-9-13-14-15-16-17-18-19-20-21-22-23-24-28-29(25-10-6-2,26-11-7-3)27-12-8-4;15-13(16)9-5-1-3-7-11(9)19-12-8-4-2-6-10(12)14(17)18/h2*29H,5-28H2,1-4H3;1-8H,(H,15,16)(H,17,18). The summed E-state index contributed by atoms with van der Waals surface area (Å²) in [6, 6.07) is 13.0. The Bertz CT molecular complexity index is 1440. The van der Waals surface area contributed by atoms with E-state index in [2.05, 4.69) is 55.4 Å². The Morgan fingerprint density at radius 2 is 0.468 bits per heavy atom. The molecule has 0 atom stereocenters. The predicted molar refractivity (Wildman–Crippen MR) is 357 cm³/mol. The van der Waals surface area contributed by atoms with Crippen molar-refractivity contribution in [2.24, 2.45) is 0 Å². The quantitative estimate of drug-likeness (QED) is 0.0510. The molecule has 0 saturated heterocycles. The summed E-state index contributed by atoms with van der Waals surface area (Å²) in [7, 11) is -1.92. The maximum absolute atomic E-state index is 11.1. The summed E-state index contributed by atoms with van der Waals surface area (Å²) in [5.41, 5.74) is 0.320. The Morgan fingerprint density at radius 3 is 0.675 bits per heavy atom. The molecule has 0 fully saturated rings. The number of carbonyl (C=O) groups is 2. The molecule has 2 aromatic rings. The van der Waals surface area contributed by atoms with Crippen LogP contribution < -0.4 is 0 Å². The Kier molecular flexibility index (Phi) is 54.1. The van der Waals surface area contributed by atoms with Crippen molar-refractivity contribution in [3.8, 4) is 0 Å². The van der Waals surface area contributed by atoms with Crippen LogP contribution in [0.3, 0.4) is 0 Å². The third-order valence-electron chi connectivity index (χ3n) is 16.9. The topological polar surface area (TPSA) is 74.6 Å². The second-order valence-electron chi connectivity index (χ2n) is 24.0. The first-order chi connectivity index (χ1) is 37.6. The zero-order valence-corrected chi connectivity index (χ0v) is 55.5. The molecule has 77 heavy (non-hydrogen) atoms. The van der Waals surface area contributed by atoms with E-state index in [-0.39, 0.29) is 11.1 Å². The number of carboxylic acid groups (broad SMARTS) is 2. The zero-order chi connectivity index (χ0) is 56.8. The first-order valence-electron chi connectivity index (χ1n) is 33.9. The van der Waals surface area contributed by atoms with Gasteiger partial charge in [0.2, 0.25) is 0 Å². The van der Waals surface area contributed by atoms with Crippen LogP contribution in [-0.4, -0.2) is 71.4 Å². The molecule has 0 radical (unpaired) electrons. The summed E-state index contributed by atoms with van der Waals surface area (Å²) in [6.07, 6.45) is 72.3. The van der Waals surface area contributed by atoms with E-state index in [1.54, 1.807) is 98.5 Å². The van der Waals surface area contributed by atoms with Crippen LogP contribution in [-0.2, 0) is 0 Å². The van der Waals surface area contributed by atoms with E-state index in [1.165, 1.54) is 256 Å². The summed E-state index contributed by atoms with van der Waals surface area (Å²) in [4.78, 5) is 23.2. The molecule has 0 bridgehead atoms. The monoisotopic (exact) mass is 1130 g/mol. The molecule has 0 amide bonds. The van der Waals surface area contributed by atoms with Gasteiger partial charge in [-0.05, 0) is 24.3 Å². The van der Waals surface area contributed by atoms with Crippen LogP contribution >= 0.6 is 26.3 Å². The van der Waals surface area contributed by atoms with Crippen molar-refractivity contribution in [2.45, 2.75) is 322 Å². The average Bonchev–Trinajstić information content (AvgIpc) is 3.44. The van der Waals surface area contributed by atoms with Crippen molar-refractivity contribution >= 4 is 38.2 Å². The molecule has 0 heterocycles. The van der Waals surface area contributed by atoms with Crippen molar-refractivity contribution in [3.63, 3.8) is 0 Å². The third kappa shape index (κ3) is 42.1. The van der Waals surface area contributed by atoms with Gasteiger partial charge in [0.05, 0.1) is 11.1 Å². The summed E-state index contributed by atoms with van der Waals surface area (Å²) in [5.74, 6) is -2.06. The minimum atomic E-state index is -1.03. The molecule has 2 rings (SSSR count). The maximum atomic E-state index is 11.1. The summed E-state index contributed by atoms with van der Waals surface area (Å²) in [5, 5.41) is 18.2. The van der Waals surface area contributed by atoms with Gasteiger partial charge in [-0.25, -0.2) is 9.59 Å². The van der Waals surface area contributed by atoms with E-state index >= 15 is 0 Å². The van der Waals surface area contributed by atoms with Gasteiger partial charge in [-0.3, -0.25) is 0 Å². The Balaban J connectivity index is 0.00000115. The van der Waals surface area contributed by atoms with E-state index in [4.69, 9.17) is 10.2 Å². The minimum Gasteiger partial charge on any atom is -0.478 e. The smallest absolute Gasteiger partial charge is 0.336 e. The number of rotatable bonds is 52. The summed E-state index contributed by atoms with van der Waals surface area (Å²) >= 11 is 1.14. The van der Waals surface area contributed by atoms with Crippen LogP contribution in [0.4, 0.5) is 0 Å². The van der Waals surface area contributed by atoms with Crippen LogP contribution in [0.15, 0.2) is 58.3 Å². The Hall–Kier alpha value is -1.41. The zero-order valence-electron chi connectivity index (χ0n) is 52.7. The molecule has 4 nitrogen and oxygen atoms in total. The summed E-state index contributed by atoms with van der Waals surface area (Å²) < 4.78 is 0. The second-order valence-corrected chi connectivity index (χ2v) is 35.1. The summed E-state index contributed by atoms with van der Waals surface area (Å²) in [6.45, 7) is 19.0. The van der Waals surface area contributed by atoms with Gasteiger partial charge in [0, 0.05) is 9.79 Å². The van der Waals surface area contributed by atoms with Gasteiger partial charge >= 0.3 is 336 Å². The second kappa shape index (κ2) is 55.1. The van der Waals surface area contributed by atoms with Crippen molar-refractivity contribution in [3.05, 3.63) is 59.7 Å². The molecule has 0 aliphatic heterocycles. The molecule has 452 valence electrons. The van der Waals surface area contributed by atoms with Crippen LogP contribution in [0.1, 0.15) is 333 Å². The van der Waals surface area contributed by atoms with Crippen LogP contribution in [0.2, 0.25) is 0 Å². The number of unbranched alkanes of at least 4 members (excludes halogenated alkanes) is 32. The molecule has 0 spiro atoms. The molecule has 0 aliphatic rings. The number of hydrogen-bond acceptors (Lipinski definition) is 3. The van der Waals surface area contributed by atoms with Crippen LogP contribution in [0, 0.1) is 0 Å². The number of benzene rings is 2. The van der Waals surface area contributed by atoms with E-state index in [0.29, 0.717) is 9.79 Å². The minimum absolute atomic E-state index is 0.160. The predicted octanol–water partition coefficient (Wildman–Crippen LogP) is 24.5. The van der Waals surface area contributed by atoms with Crippen molar-refractivity contribution in [2.75, 3.05) is 49.3 Å². The molecule has 2 N–H and O–H groups in total. The average molecular weight is 1130 g/mol. The van der Waals surface area contributed by atoms with E-state index in [9.17, 15) is 9.59 Å². The van der Waals surface area contributed by atoms with Gasteiger partial charge in [-0.1, -0.05) is 88.4 Å². The van der Waals surface area contributed by atoms with Crippen LogP contribution in [0.25, 0.3) is 0 Å².